The summed E-state index contributed by atoms with van der Waals surface area (Å²) in [6, 6.07) is 84.6. The molecule has 0 amide bonds. The predicted octanol–water partition coefficient (Wildman–Crippen LogP) is 16.2. The van der Waals surface area contributed by atoms with Gasteiger partial charge in [-0.25, -0.2) is 4.98 Å². The Morgan fingerprint density at radius 3 is 1.40 bits per heavy atom. The Morgan fingerprint density at radius 1 is 0.265 bits per heavy atom. The van der Waals surface area contributed by atoms with Crippen molar-refractivity contribution in [1.82, 2.24) is 24.1 Å². The minimum absolute atomic E-state index is 0.554. The first-order valence-electron chi connectivity index (χ1n) is 23.1. The van der Waals surface area contributed by atoms with E-state index in [4.69, 9.17) is 15.0 Å². The Morgan fingerprint density at radius 2 is 0.721 bits per heavy atom. The van der Waals surface area contributed by atoms with Gasteiger partial charge in [-0.2, -0.15) is 9.97 Å². The monoisotopic (exact) mass is 865 g/mol. The number of hydrogen-bond acceptors (Lipinski definition) is 3. The summed E-state index contributed by atoms with van der Waals surface area (Å²) in [5.41, 5.74) is 11.7. The number of fused-ring (bicyclic) bond motifs is 13. The van der Waals surface area contributed by atoms with E-state index in [2.05, 4.69) is 221 Å². The summed E-state index contributed by atoms with van der Waals surface area (Å²) in [4.78, 5) is 16.0. The molecule has 0 unspecified atom stereocenters. The van der Waals surface area contributed by atoms with Crippen molar-refractivity contribution < 1.29 is 0 Å². The Bertz CT molecular complexity index is 4270. The van der Waals surface area contributed by atoms with Crippen LogP contribution in [-0.2, 0) is 0 Å². The van der Waals surface area contributed by atoms with E-state index in [0.29, 0.717) is 17.6 Å². The third-order valence-corrected chi connectivity index (χ3v) is 13.7. The van der Waals surface area contributed by atoms with E-state index in [1.54, 1.807) is 0 Å². The van der Waals surface area contributed by atoms with Crippen molar-refractivity contribution in [1.29, 1.82) is 0 Å². The zero-order valence-electron chi connectivity index (χ0n) is 36.8. The van der Waals surface area contributed by atoms with Crippen LogP contribution in [0.4, 0.5) is 0 Å². The lowest BCUT2D eigenvalue weighted by atomic mass is 9.89. The first kappa shape index (κ1) is 38.1. The second-order valence-electron chi connectivity index (χ2n) is 17.5. The molecular formula is C63H39N5. The number of benzene rings is 11. The molecule has 14 aromatic rings. The van der Waals surface area contributed by atoms with E-state index in [1.165, 1.54) is 43.3 Å². The van der Waals surface area contributed by atoms with Gasteiger partial charge in [0.1, 0.15) is 0 Å². The van der Waals surface area contributed by atoms with Gasteiger partial charge in [-0.05, 0) is 84.9 Å². The lowest BCUT2D eigenvalue weighted by molar-refractivity contribution is 0.953. The fourth-order valence-corrected chi connectivity index (χ4v) is 10.8. The Hall–Kier alpha value is -9.19. The molecule has 0 atom stereocenters. The highest BCUT2D eigenvalue weighted by molar-refractivity contribution is 6.28. The van der Waals surface area contributed by atoms with Crippen LogP contribution in [-0.4, -0.2) is 24.1 Å². The second kappa shape index (κ2) is 15.2. The molecule has 5 heteroatoms. The zero-order chi connectivity index (χ0) is 44.7. The van der Waals surface area contributed by atoms with Crippen molar-refractivity contribution in [2.45, 2.75) is 0 Å². The first-order valence-corrected chi connectivity index (χ1v) is 23.1. The number of rotatable bonds is 6. The highest BCUT2D eigenvalue weighted by Gasteiger charge is 2.24. The smallest absolute Gasteiger partial charge is 0.238 e. The van der Waals surface area contributed by atoms with Crippen LogP contribution < -0.4 is 0 Å². The van der Waals surface area contributed by atoms with Crippen molar-refractivity contribution in [2.75, 3.05) is 0 Å². The number of aromatic nitrogens is 5. The van der Waals surface area contributed by atoms with Gasteiger partial charge in [0, 0.05) is 38.4 Å². The molecule has 316 valence electrons. The van der Waals surface area contributed by atoms with E-state index in [9.17, 15) is 0 Å². The Balaban J connectivity index is 1.06. The first-order chi connectivity index (χ1) is 33.7. The summed E-state index contributed by atoms with van der Waals surface area (Å²) >= 11 is 0. The molecule has 5 nitrogen and oxygen atoms in total. The van der Waals surface area contributed by atoms with E-state index in [1.807, 2.05) is 24.3 Å². The largest absolute Gasteiger partial charge is 0.307 e. The summed E-state index contributed by atoms with van der Waals surface area (Å²) in [7, 11) is 0. The molecule has 3 heterocycles. The molecule has 11 aromatic carbocycles. The molecule has 14 rings (SSSR count). The van der Waals surface area contributed by atoms with Crippen LogP contribution in [0.5, 0.6) is 0 Å². The lowest BCUT2D eigenvalue weighted by Crippen LogP contribution is -2.07. The van der Waals surface area contributed by atoms with E-state index in [-0.39, 0.29) is 0 Å². The van der Waals surface area contributed by atoms with Crippen molar-refractivity contribution >= 4 is 75.9 Å². The predicted molar refractivity (Wildman–Crippen MR) is 283 cm³/mol. The van der Waals surface area contributed by atoms with Crippen molar-refractivity contribution in [3.8, 4) is 56.7 Å². The van der Waals surface area contributed by atoms with Gasteiger partial charge >= 0.3 is 0 Å². The molecular weight excluding hydrogens is 827 g/mol. The third kappa shape index (κ3) is 5.86. The molecule has 0 radical (unpaired) electrons. The maximum atomic E-state index is 5.43. The topological polar surface area (TPSA) is 48.5 Å². The maximum Gasteiger partial charge on any atom is 0.238 e. The summed E-state index contributed by atoms with van der Waals surface area (Å²) < 4.78 is 4.72. The van der Waals surface area contributed by atoms with Gasteiger partial charge in [-0.15, -0.1) is 0 Å². The van der Waals surface area contributed by atoms with Gasteiger partial charge in [0.05, 0.1) is 22.1 Å². The van der Waals surface area contributed by atoms with Crippen LogP contribution >= 0.6 is 0 Å². The van der Waals surface area contributed by atoms with Gasteiger partial charge in [-0.3, -0.25) is 4.57 Å². The SMILES string of the molecule is c1ccc(-c2cccc(-c3nc(-c4ccccc4)nc(-n4c5ccccc5c5ccc6c7ccccc7n(-c7cccc(-c8cccc9c%10ccccc%10c%10ccccc%10c89)c7)c6c54)n3)c2)cc1. The maximum absolute atomic E-state index is 5.43. The van der Waals surface area contributed by atoms with Crippen LogP contribution in [0.15, 0.2) is 237 Å². The normalized spacial score (nSPS) is 11.8. The zero-order valence-corrected chi connectivity index (χ0v) is 36.8. The van der Waals surface area contributed by atoms with Crippen LogP contribution in [0.1, 0.15) is 0 Å². The van der Waals surface area contributed by atoms with Crippen LogP contribution in [0.2, 0.25) is 0 Å². The van der Waals surface area contributed by atoms with Crippen LogP contribution in [0, 0.1) is 0 Å². The molecule has 0 bridgehead atoms. The molecule has 0 fully saturated rings. The van der Waals surface area contributed by atoms with Crippen molar-refractivity contribution in [2.24, 2.45) is 0 Å². The molecule has 0 saturated carbocycles. The molecule has 0 aliphatic rings. The highest BCUT2D eigenvalue weighted by atomic mass is 15.2. The molecule has 3 aromatic heterocycles. The minimum Gasteiger partial charge on any atom is -0.307 e. The van der Waals surface area contributed by atoms with Crippen molar-refractivity contribution in [3.63, 3.8) is 0 Å². The third-order valence-electron chi connectivity index (χ3n) is 13.7. The molecule has 0 aliphatic carbocycles. The summed E-state index contributed by atoms with van der Waals surface area (Å²) in [6.45, 7) is 0. The Kier molecular flexibility index (Phi) is 8.52. The average molecular weight is 866 g/mol. The Labute approximate surface area is 391 Å². The van der Waals surface area contributed by atoms with E-state index >= 15 is 0 Å². The average Bonchev–Trinajstić information content (AvgIpc) is 3.94. The van der Waals surface area contributed by atoms with Crippen molar-refractivity contribution in [3.05, 3.63) is 237 Å². The number of hydrogen-bond donors (Lipinski definition) is 0. The fraction of sp³-hybridized carbons (Fsp3) is 0. The second-order valence-corrected chi connectivity index (χ2v) is 17.5. The summed E-state index contributed by atoms with van der Waals surface area (Å²) in [5.74, 6) is 1.77. The standard InChI is InChI=1S/C63H39N5/c1-3-18-40(19-4-1)42-22-15-24-44(38-42)62-64-61(41-20-5-2-6-21-41)65-63(66-62)68-57-35-14-12-30-51(57)55-37-36-54-50-29-11-13-34-56(50)67(59(54)60(55)68)45-25-16-23-43(39-45)46-32-17-33-53-49-27-8-7-26-47(49)48-28-9-10-31-52(48)58(46)53/h1-39H. The van der Waals surface area contributed by atoms with Crippen LogP contribution in [0.3, 0.4) is 0 Å². The van der Waals surface area contributed by atoms with Gasteiger partial charge in [0.2, 0.25) is 5.95 Å². The van der Waals surface area contributed by atoms with E-state index in [0.717, 1.165) is 71.7 Å². The lowest BCUT2D eigenvalue weighted by Gasteiger charge is -2.16. The molecule has 0 saturated heterocycles. The molecule has 0 aliphatic heterocycles. The minimum atomic E-state index is 0.554. The van der Waals surface area contributed by atoms with Gasteiger partial charge in [-0.1, -0.05) is 206 Å². The van der Waals surface area contributed by atoms with Gasteiger partial charge in [0.15, 0.2) is 11.6 Å². The van der Waals surface area contributed by atoms with Gasteiger partial charge < -0.3 is 4.57 Å². The highest BCUT2D eigenvalue weighted by Crippen LogP contribution is 2.44. The van der Waals surface area contributed by atoms with E-state index < -0.39 is 0 Å². The number of para-hydroxylation sites is 2. The molecule has 0 N–H and O–H groups in total. The number of nitrogens with zero attached hydrogens (tertiary/aromatic N) is 5. The quantitative estimate of drug-likeness (QED) is 0.156. The van der Waals surface area contributed by atoms with Crippen LogP contribution in [0.25, 0.3) is 133 Å². The summed E-state index contributed by atoms with van der Waals surface area (Å²) in [6.07, 6.45) is 0. The fourth-order valence-electron chi connectivity index (χ4n) is 10.8. The van der Waals surface area contributed by atoms with Gasteiger partial charge in [0.25, 0.3) is 0 Å². The molecule has 0 spiro atoms. The molecule has 68 heavy (non-hydrogen) atoms. The summed E-state index contributed by atoms with van der Waals surface area (Å²) in [5, 5.41) is 12.1.